The molecule has 0 unspecified atom stereocenters. The van der Waals surface area contributed by atoms with Crippen LogP contribution in [0.25, 0.3) is 0 Å². The van der Waals surface area contributed by atoms with Gasteiger partial charge in [-0.15, -0.1) is 0 Å². The van der Waals surface area contributed by atoms with Crippen LogP contribution in [0.3, 0.4) is 0 Å². The number of hydrogen-bond donors (Lipinski definition) is 0. The van der Waals surface area contributed by atoms with Gasteiger partial charge in [-0.2, -0.15) is 0 Å². The maximum absolute atomic E-state index is 13.2. The van der Waals surface area contributed by atoms with E-state index >= 15 is 0 Å². The first-order valence-electron chi connectivity index (χ1n) is 7.44. The van der Waals surface area contributed by atoms with Gasteiger partial charge in [-0.1, -0.05) is 0 Å². The lowest BCUT2D eigenvalue weighted by Crippen LogP contribution is -2.38. The smallest absolute Gasteiger partial charge is 0.239 e. The SMILES string of the molecule is Cc1cc(F)ccc1N1CC[C@@H](C(=O)N2CCCC2)C1=O. The fourth-order valence-corrected chi connectivity index (χ4v) is 3.23. The number of carbonyl (C=O) groups excluding carboxylic acids is 2. The van der Waals surface area contributed by atoms with Gasteiger partial charge >= 0.3 is 0 Å². The normalized spacial score (nSPS) is 22.2. The van der Waals surface area contributed by atoms with E-state index in [9.17, 15) is 14.0 Å². The van der Waals surface area contributed by atoms with Crippen molar-refractivity contribution in [1.29, 1.82) is 0 Å². The minimum Gasteiger partial charge on any atom is -0.342 e. The van der Waals surface area contributed by atoms with Crippen molar-refractivity contribution in [3.63, 3.8) is 0 Å². The molecule has 2 heterocycles. The molecule has 112 valence electrons. The Bertz CT molecular complexity index is 582. The Morgan fingerprint density at radius 2 is 1.95 bits per heavy atom. The Morgan fingerprint density at radius 3 is 2.62 bits per heavy atom. The molecule has 2 aliphatic heterocycles. The van der Waals surface area contributed by atoms with E-state index in [1.807, 2.05) is 0 Å². The van der Waals surface area contributed by atoms with Gasteiger partial charge in [0.05, 0.1) is 0 Å². The molecular weight excluding hydrogens is 271 g/mol. The van der Waals surface area contributed by atoms with Gasteiger partial charge in [0.1, 0.15) is 11.7 Å². The van der Waals surface area contributed by atoms with Crippen LogP contribution in [0.15, 0.2) is 18.2 Å². The number of halogens is 1. The second kappa shape index (κ2) is 5.47. The maximum atomic E-state index is 13.2. The van der Waals surface area contributed by atoms with Crippen molar-refractivity contribution >= 4 is 17.5 Å². The van der Waals surface area contributed by atoms with E-state index in [1.165, 1.54) is 12.1 Å². The molecule has 2 aliphatic rings. The summed E-state index contributed by atoms with van der Waals surface area (Å²) < 4.78 is 13.2. The fraction of sp³-hybridized carbons (Fsp3) is 0.500. The zero-order valence-corrected chi connectivity index (χ0v) is 12.1. The quantitative estimate of drug-likeness (QED) is 0.783. The zero-order valence-electron chi connectivity index (χ0n) is 12.1. The van der Waals surface area contributed by atoms with Crippen molar-refractivity contribution in [2.45, 2.75) is 26.2 Å². The largest absolute Gasteiger partial charge is 0.342 e. The topological polar surface area (TPSA) is 40.6 Å². The van der Waals surface area contributed by atoms with E-state index < -0.39 is 5.92 Å². The summed E-state index contributed by atoms with van der Waals surface area (Å²) in [6.07, 6.45) is 2.59. The highest BCUT2D eigenvalue weighted by Crippen LogP contribution is 2.30. The van der Waals surface area contributed by atoms with E-state index in [0.29, 0.717) is 18.7 Å². The van der Waals surface area contributed by atoms with Crippen molar-refractivity contribution in [2.24, 2.45) is 5.92 Å². The Labute approximate surface area is 123 Å². The molecule has 3 rings (SSSR count). The predicted octanol–water partition coefficient (Wildman–Crippen LogP) is 2.11. The summed E-state index contributed by atoms with van der Waals surface area (Å²) in [7, 11) is 0. The van der Waals surface area contributed by atoms with Crippen LogP contribution >= 0.6 is 0 Å². The summed E-state index contributed by atoms with van der Waals surface area (Å²) in [4.78, 5) is 28.3. The Morgan fingerprint density at radius 1 is 1.24 bits per heavy atom. The highest BCUT2D eigenvalue weighted by atomic mass is 19.1. The lowest BCUT2D eigenvalue weighted by molar-refractivity contribution is -0.139. The second-order valence-corrected chi connectivity index (χ2v) is 5.79. The molecule has 2 amide bonds. The zero-order chi connectivity index (χ0) is 15.0. The molecule has 2 fully saturated rings. The molecule has 0 aromatic heterocycles. The molecule has 0 radical (unpaired) electrons. The molecule has 0 spiro atoms. The van der Waals surface area contributed by atoms with E-state index in [2.05, 4.69) is 0 Å². The number of anilines is 1. The standard InChI is InChI=1S/C16H19FN2O2/c1-11-10-12(17)4-5-14(11)19-9-6-13(16(19)21)15(20)18-7-2-3-8-18/h4-5,10,13H,2-3,6-9H2,1H3/t13-/m0/s1. The molecule has 0 saturated carbocycles. The average Bonchev–Trinajstić information content (AvgIpc) is 3.08. The molecule has 1 aromatic carbocycles. The van der Waals surface area contributed by atoms with Crippen LogP contribution in [-0.2, 0) is 9.59 Å². The van der Waals surface area contributed by atoms with E-state index in [4.69, 9.17) is 0 Å². The van der Waals surface area contributed by atoms with Gasteiger partial charge in [-0.05, 0) is 49.9 Å². The lowest BCUT2D eigenvalue weighted by atomic mass is 10.1. The number of amides is 2. The molecule has 4 nitrogen and oxygen atoms in total. The number of likely N-dealkylation sites (tertiary alicyclic amines) is 1. The Kier molecular flexibility index (Phi) is 3.66. The minimum atomic E-state index is -0.562. The highest BCUT2D eigenvalue weighted by molar-refractivity contribution is 6.09. The first kappa shape index (κ1) is 14.0. The summed E-state index contributed by atoms with van der Waals surface area (Å²) in [6.45, 7) is 3.83. The Balaban J connectivity index is 1.78. The first-order valence-corrected chi connectivity index (χ1v) is 7.44. The van der Waals surface area contributed by atoms with Crippen LogP contribution in [0.1, 0.15) is 24.8 Å². The van der Waals surface area contributed by atoms with Gasteiger partial charge in [0.2, 0.25) is 11.8 Å². The number of nitrogens with zero attached hydrogens (tertiary/aromatic N) is 2. The first-order chi connectivity index (χ1) is 10.1. The number of benzene rings is 1. The maximum Gasteiger partial charge on any atom is 0.239 e. The summed E-state index contributed by atoms with van der Waals surface area (Å²) in [5.41, 5.74) is 1.43. The number of hydrogen-bond acceptors (Lipinski definition) is 2. The van der Waals surface area contributed by atoms with Crippen LogP contribution < -0.4 is 4.90 Å². The monoisotopic (exact) mass is 290 g/mol. The van der Waals surface area contributed by atoms with Crippen molar-refractivity contribution < 1.29 is 14.0 Å². The third kappa shape index (κ3) is 2.52. The number of rotatable bonds is 2. The van der Waals surface area contributed by atoms with Crippen LogP contribution in [-0.4, -0.2) is 36.3 Å². The highest BCUT2D eigenvalue weighted by Gasteiger charge is 2.40. The van der Waals surface area contributed by atoms with Crippen LogP contribution in [0.5, 0.6) is 0 Å². The van der Waals surface area contributed by atoms with E-state index in [1.54, 1.807) is 22.8 Å². The Hall–Kier alpha value is -1.91. The number of carbonyl (C=O) groups is 2. The van der Waals surface area contributed by atoms with E-state index in [0.717, 1.165) is 31.5 Å². The lowest BCUT2D eigenvalue weighted by Gasteiger charge is -2.21. The predicted molar refractivity (Wildman–Crippen MR) is 77.4 cm³/mol. The van der Waals surface area contributed by atoms with Crippen molar-refractivity contribution in [1.82, 2.24) is 4.90 Å². The fourth-order valence-electron chi connectivity index (χ4n) is 3.23. The van der Waals surface area contributed by atoms with Crippen LogP contribution in [0.2, 0.25) is 0 Å². The van der Waals surface area contributed by atoms with E-state index in [-0.39, 0.29) is 17.6 Å². The van der Waals surface area contributed by atoms with Crippen molar-refractivity contribution in [3.05, 3.63) is 29.6 Å². The van der Waals surface area contributed by atoms with Gasteiger partial charge in [0, 0.05) is 25.3 Å². The summed E-state index contributed by atoms with van der Waals surface area (Å²) in [5.74, 6) is -1.07. The van der Waals surface area contributed by atoms with Gasteiger partial charge in [0.15, 0.2) is 0 Å². The van der Waals surface area contributed by atoms with Crippen LogP contribution in [0.4, 0.5) is 10.1 Å². The molecule has 21 heavy (non-hydrogen) atoms. The van der Waals surface area contributed by atoms with Gasteiger partial charge < -0.3 is 9.80 Å². The van der Waals surface area contributed by atoms with Crippen molar-refractivity contribution in [3.8, 4) is 0 Å². The third-order valence-corrected chi connectivity index (χ3v) is 4.37. The molecule has 0 bridgehead atoms. The molecule has 0 N–H and O–H groups in total. The number of aryl methyl sites for hydroxylation is 1. The van der Waals surface area contributed by atoms with Crippen LogP contribution in [0, 0.1) is 18.7 Å². The average molecular weight is 290 g/mol. The molecule has 5 heteroatoms. The summed E-state index contributed by atoms with van der Waals surface area (Å²) in [5, 5.41) is 0. The molecule has 2 saturated heterocycles. The summed E-state index contributed by atoms with van der Waals surface area (Å²) in [6, 6.07) is 4.38. The van der Waals surface area contributed by atoms with Gasteiger partial charge in [-0.3, -0.25) is 9.59 Å². The molecule has 0 aliphatic carbocycles. The van der Waals surface area contributed by atoms with Gasteiger partial charge in [0.25, 0.3) is 0 Å². The summed E-state index contributed by atoms with van der Waals surface area (Å²) >= 11 is 0. The molecule has 1 atom stereocenters. The third-order valence-electron chi connectivity index (χ3n) is 4.37. The molecule has 1 aromatic rings. The van der Waals surface area contributed by atoms with Crippen molar-refractivity contribution in [2.75, 3.05) is 24.5 Å². The minimum absolute atomic E-state index is 0.0419. The van der Waals surface area contributed by atoms with Gasteiger partial charge in [-0.25, -0.2) is 4.39 Å². The molecular formula is C16H19FN2O2. The second-order valence-electron chi connectivity index (χ2n) is 5.79.